The fourth-order valence-electron chi connectivity index (χ4n) is 2.06. The Hall–Kier alpha value is -0.480. The molecular formula is C13H19Cl2NO2. The maximum atomic E-state index is 6.03. The van der Waals surface area contributed by atoms with Gasteiger partial charge in [0.15, 0.2) is 0 Å². The van der Waals surface area contributed by atoms with E-state index in [0.717, 1.165) is 23.7 Å². The summed E-state index contributed by atoms with van der Waals surface area (Å²) in [5.74, 6) is 2.00. The van der Waals surface area contributed by atoms with Crippen molar-refractivity contribution in [1.29, 1.82) is 0 Å². The van der Waals surface area contributed by atoms with E-state index in [-0.39, 0.29) is 12.4 Å². The average Bonchev–Trinajstić information content (AvgIpc) is 3.10. The van der Waals surface area contributed by atoms with Crippen LogP contribution in [0.3, 0.4) is 0 Å². The van der Waals surface area contributed by atoms with Crippen molar-refractivity contribution in [3.63, 3.8) is 0 Å². The van der Waals surface area contributed by atoms with E-state index in [2.05, 4.69) is 0 Å². The minimum absolute atomic E-state index is 0. The van der Waals surface area contributed by atoms with Crippen molar-refractivity contribution < 1.29 is 9.47 Å². The number of rotatable bonds is 6. The first-order valence-corrected chi connectivity index (χ1v) is 6.25. The summed E-state index contributed by atoms with van der Waals surface area (Å²) in [5, 5.41) is 0.752. The third-order valence-electron chi connectivity index (χ3n) is 3.14. The molecule has 0 spiro atoms. The van der Waals surface area contributed by atoms with E-state index in [4.69, 9.17) is 26.8 Å². The van der Waals surface area contributed by atoms with E-state index in [0.29, 0.717) is 25.0 Å². The van der Waals surface area contributed by atoms with Gasteiger partial charge in [-0.15, -0.1) is 12.4 Å². The first kappa shape index (κ1) is 15.6. The second-order valence-corrected chi connectivity index (χ2v) is 4.80. The van der Waals surface area contributed by atoms with Crippen molar-refractivity contribution in [1.82, 2.24) is 0 Å². The van der Waals surface area contributed by atoms with Crippen molar-refractivity contribution in [2.24, 2.45) is 11.7 Å². The Morgan fingerprint density at radius 1 is 1.39 bits per heavy atom. The van der Waals surface area contributed by atoms with Crippen LogP contribution in [-0.2, 0) is 4.74 Å². The van der Waals surface area contributed by atoms with Gasteiger partial charge >= 0.3 is 0 Å². The van der Waals surface area contributed by atoms with Crippen LogP contribution >= 0.6 is 24.0 Å². The summed E-state index contributed by atoms with van der Waals surface area (Å²) in [6.07, 6.45) is 1.14. The van der Waals surface area contributed by atoms with Crippen LogP contribution in [-0.4, -0.2) is 26.9 Å². The lowest BCUT2D eigenvalue weighted by atomic mass is 10.1. The summed E-state index contributed by atoms with van der Waals surface area (Å²) in [6.45, 7) is 1.88. The van der Waals surface area contributed by atoms with Crippen LogP contribution in [0, 0.1) is 5.92 Å². The van der Waals surface area contributed by atoms with Crippen molar-refractivity contribution in [2.45, 2.75) is 12.3 Å². The lowest BCUT2D eigenvalue weighted by molar-refractivity contribution is 0.145. The number of benzene rings is 1. The molecule has 0 bridgehead atoms. The predicted molar refractivity (Wildman–Crippen MR) is 76.0 cm³/mol. The minimum atomic E-state index is 0. The Bertz CT molecular complexity index is 387. The number of hydrogen-bond acceptors (Lipinski definition) is 3. The van der Waals surface area contributed by atoms with E-state index in [1.54, 1.807) is 7.11 Å². The Morgan fingerprint density at radius 3 is 2.78 bits per heavy atom. The summed E-state index contributed by atoms with van der Waals surface area (Å²) in [5.41, 5.74) is 6.86. The Labute approximate surface area is 119 Å². The molecule has 1 aromatic carbocycles. The van der Waals surface area contributed by atoms with Gasteiger partial charge in [-0.25, -0.2) is 0 Å². The average molecular weight is 292 g/mol. The fourth-order valence-corrected chi connectivity index (χ4v) is 2.25. The monoisotopic (exact) mass is 291 g/mol. The quantitative estimate of drug-likeness (QED) is 0.820. The first-order chi connectivity index (χ1) is 8.26. The first-order valence-electron chi connectivity index (χ1n) is 5.87. The van der Waals surface area contributed by atoms with Gasteiger partial charge in [0.1, 0.15) is 12.4 Å². The van der Waals surface area contributed by atoms with Crippen LogP contribution in [0.2, 0.25) is 5.02 Å². The van der Waals surface area contributed by atoms with Crippen LogP contribution in [0.4, 0.5) is 0 Å². The summed E-state index contributed by atoms with van der Waals surface area (Å²) in [6, 6.07) is 5.77. The molecule has 18 heavy (non-hydrogen) atoms. The molecule has 1 aliphatic rings. The third kappa shape index (κ3) is 3.75. The molecule has 1 fully saturated rings. The maximum absolute atomic E-state index is 6.03. The highest BCUT2D eigenvalue weighted by molar-refractivity contribution is 6.30. The van der Waals surface area contributed by atoms with Crippen molar-refractivity contribution >= 4 is 24.0 Å². The molecule has 2 rings (SSSR count). The van der Waals surface area contributed by atoms with Gasteiger partial charge in [0.05, 0.1) is 6.61 Å². The van der Waals surface area contributed by atoms with Gasteiger partial charge in [-0.3, -0.25) is 0 Å². The molecule has 1 aliphatic carbocycles. The van der Waals surface area contributed by atoms with E-state index < -0.39 is 0 Å². The molecule has 0 aliphatic heterocycles. The van der Waals surface area contributed by atoms with E-state index in [9.17, 15) is 0 Å². The Balaban J connectivity index is 0.00000162. The van der Waals surface area contributed by atoms with Crippen LogP contribution in [0.25, 0.3) is 0 Å². The second kappa shape index (κ2) is 7.19. The number of ether oxygens (including phenoxy) is 2. The molecular weight excluding hydrogens is 273 g/mol. The zero-order valence-corrected chi connectivity index (χ0v) is 12.0. The van der Waals surface area contributed by atoms with Gasteiger partial charge in [0.25, 0.3) is 0 Å². The zero-order chi connectivity index (χ0) is 12.3. The topological polar surface area (TPSA) is 44.5 Å². The second-order valence-electron chi connectivity index (χ2n) is 4.36. The molecule has 0 unspecified atom stereocenters. The van der Waals surface area contributed by atoms with E-state index in [1.807, 2.05) is 18.2 Å². The fraction of sp³-hybridized carbons (Fsp3) is 0.538. The van der Waals surface area contributed by atoms with Crippen LogP contribution in [0.1, 0.15) is 17.9 Å². The van der Waals surface area contributed by atoms with Crippen LogP contribution < -0.4 is 10.5 Å². The molecule has 0 radical (unpaired) electrons. The molecule has 0 saturated heterocycles. The number of nitrogens with two attached hydrogens (primary N) is 1. The highest BCUT2D eigenvalue weighted by Crippen LogP contribution is 2.50. The number of halogens is 2. The van der Waals surface area contributed by atoms with Gasteiger partial charge < -0.3 is 15.2 Å². The lowest BCUT2D eigenvalue weighted by Crippen LogP contribution is -2.07. The molecule has 102 valence electrons. The van der Waals surface area contributed by atoms with Crippen LogP contribution in [0.15, 0.2) is 18.2 Å². The van der Waals surface area contributed by atoms with Crippen molar-refractivity contribution in [2.75, 3.05) is 26.9 Å². The van der Waals surface area contributed by atoms with Crippen molar-refractivity contribution in [3.8, 4) is 5.75 Å². The van der Waals surface area contributed by atoms with Gasteiger partial charge in [-0.05, 0) is 48.6 Å². The highest BCUT2D eigenvalue weighted by atomic mass is 35.5. The highest BCUT2D eigenvalue weighted by Gasteiger charge is 2.38. The summed E-state index contributed by atoms with van der Waals surface area (Å²) >= 11 is 6.03. The Morgan fingerprint density at radius 2 is 2.17 bits per heavy atom. The number of methoxy groups -OCH3 is 1. The molecule has 1 aromatic rings. The smallest absolute Gasteiger partial charge is 0.123 e. The zero-order valence-electron chi connectivity index (χ0n) is 10.4. The largest absolute Gasteiger partial charge is 0.491 e. The summed E-state index contributed by atoms with van der Waals surface area (Å²) < 4.78 is 10.7. The summed E-state index contributed by atoms with van der Waals surface area (Å²) in [4.78, 5) is 0. The predicted octanol–water partition coefficient (Wildman–Crippen LogP) is 2.85. The van der Waals surface area contributed by atoms with Gasteiger partial charge in [0, 0.05) is 12.1 Å². The summed E-state index contributed by atoms with van der Waals surface area (Å²) in [7, 11) is 1.66. The molecule has 5 heteroatoms. The van der Waals surface area contributed by atoms with Gasteiger partial charge in [-0.2, -0.15) is 0 Å². The Kier molecular flexibility index (Phi) is 6.22. The van der Waals surface area contributed by atoms with E-state index >= 15 is 0 Å². The van der Waals surface area contributed by atoms with Crippen molar-refractivity contribution in [3.05, 3.63) is 28.8 Å². The molecule has 0 aromatic heterocycles. The van der Waals surface area contributed by atoms with E-state index in [1.165, 1.54) is 5.56 Å². The molecule has 0 heterocycles. The molecule has 1 saturated carbocycles. The molecule has 0 amide bonds. The minimum Gasteiger partial charge on any atom is -0.491 e. The standard InChI is InChI=1S/C13H18ClNO2.ClH/c1-16-4-5-17-13-3-2-10(14)7-12(13)11-6-9(11)8-15;/h2-3,7,9,11H,4-6,8,15H2,1H3;1H/t9-,11+;/m0./s1. The van der Waals surface area contributed by atoms with Gasteiger partial charge in [-0.1, -0.05) is 11.6 Å². The molecule has 3 nitrogen and oxygen atoms in total. The van der Waals surface area contributed by atoms with Gasteiger partial charge in [0.2, 0.25) is 0 Å². The molecule has 2 N–H and O–H groups in total. The lowest BCUT2D eigenvalue weighted by Gasteiger charge is -2.11. The molecule has 2 atom stereocenters. The normalized spacial score (nSPS) is 21.3. The SMILES string of the molecule is COCCOc1ccc(Cl)cc1[C@@H]1C[C@H]1CN.Cl. The maximum Gasteiger partial charge on any atom is 0.123 e. The third-order valence-corrected chi connectivity index (χ3v) is 3.38. The van der Waals surface area contributed by atoms with Crippen LogP contribution in [0.5, 0.6) is 5.75 Å². The number of hydrogen-bond donors (Lipinski definition) is 1.